The third-order valence-electron chi connectivity index (χ3n) is 8.75. The molecule has 0 spiro atoms. The monoisotopic (exact) mass is 563 g/mol. The molecular formula is C26H28BrF6NO. The Morgan fingerprint density at radius 1 is 0.886 bits per heavy atom. The van der Waals surface area contributed by atoms with Crippen molar-refractivity contribution in [2.75, 3.05) is 13.1 Å². The van der Waals surface area contributed by atoms with Gasteiger partial charge in [0.2, 0.25) is 0 Å². The van der Waals surface area contributed by atoms with Gasteiger partial charge in [-0.15, -0.1) is 0 Å². The molecule has 2 aliphatic heterocycles. The number of rotatable bonds is 5. The van der Waals surface area contributed by atoms with Crippen molar-refractivity contribution in [1.82, 2.24) is 0 Å². The summed E-state index contributed by atoms with van der Waals surface area (Å²) in [5.41, 5.74) is -1.54. The first-order valence-electron chi connectivity index (χ1n) is 11.7. The maximum absolute atomic E-state index is 13.5. The van der Waals surface area contributed by atoms with E-state index in [9.17, 15) is 26.3 Å². The summed E-state index contributed by atoms with van der Waals surface area (Å²) in [7, 11) is 0. The van der Waals surface area contributed by atoms with E-state index in [0.717, 1.165) is 43.5 Å². The van der Waals surface area contributed by atoms with Crippen LogP contribution in [0, 0.1) is 11.8 Å². The van der Waals surface area contributed by atoms with Crippen LogP contribution >= 0.6 is 0 Å². The van der Waals surface area contributed by atoms with Crippen LogP contribution in [-0.2, 0) is 30.2 Å². The van der Waals surface area contributed by atoms with Crippen LogP contribution in [0.25, 0.3) is 0 Å². The summed E-state index contributed by atoms with van der Waals surface area (Å²) in [6.07, 6.45) is -6.78. The molecule has 2 nitrogen and oxygen atoms in total. The first kappa shape index (κ1) is 26.5. The van der Waals surface area contributed by atoms with Crippen LogP contribution in [0.3, 0.4) is 0 Å². The number of ether oxygens (including phenoxy) is 1. The van der Waals surface area contributed by atoms with Gasteiger partial charge >= 0.3 is 12.4 Å². The molecule has 2 aromatic rings. The lowest BCUT2D eigenvalue weighted by Gasteiger charge is -2.44. The molecule has 2 heterocycles. The number of hydrogen-bond acceptors (Lipinski definition) is 1. The van der Waals surface area contributed by atoms with E-state index in [1.54, 1.807) is 0 Å². The third kappa shape index (κ3) is 4.53. The Morgan fingerprint density at radius 2 is 1.51 bits per heavy atom. The average Bonchev–Trinajstić information content (AvgIpc) is 3.34. The number of benzene rings is 2. The first-order valence-corrected chi connectivity index (χ1v) is 11.7. The molecule has 2 aromatic carbocycles. The van der Waals surface area contributed by atoms with Crippen molar-refractivity contribution in [1.29, 1.82) is 0 Å². The molecule has 0 aromatic heterocycles. The van der Waals surface area contributed by atoms with Gasteiger partial charge in [0.15, 0.2) is 0 Å². The third-order valence-corrected chi connectivity index (χ3v) is 8.75. The van der Waals surface area contributed by atoms with E-state index >= 15 is 0 Å². The fraction of sp³-hybridized carbons (Fsp3) is 0.538. The van der Waals surface area contributed by atoms with Gasteiger partial charge in [0.25, 0.3) is 0 Å². The van der Waals surface area contributed by atoms with Gasteiger partial charge in [-0.05, 0) is 43.5 Å². The molecule has 35 heavy (non-hydrogen) atoms. The van der Waals surface area contributed by atoms with Crippen LogP contribution in [0.5, 0.6) is 0 Å². The SMILES string of the molecule is C[C@@]12[C@H]3CC[C@@H]1[C@H](OCc1ccccc1)C[N@+]2(Cc1cc(C(F)(F)F)cc(C(F)(F)F)c1)CC3.[Br-]. The first-order chi connectivity index (χ1) is 15.9. The minimum Gasteiger partial charge on any atom is -1.00 e. The highest BCUT2D eigenvalue weighted by atomic mass is 79.9. The van der Waals surface area contributed by atoms with Crippen LogP contribution < -0.4 is 17.0 Å². The molecule has 1 saturated carbocycles. The van der Waals surface area contributed by atoms with Gasteiger partial charge in [-0.1, -0.05) is 30.3 Å². The molecule has 0 radical (unpaired) electrons. The molecule has 3 fully saturated rings. The highest BCUT2D eigenvalue weighted by Gasteiger charge is 2.71. The maximum Gasteiger partial charge on any atom is 0.416 e. The lowest BCUT2D eigenvalue weighted by molar-refractivity contribution is -0.966. The molecule has 0 N–H and O–H groups in total. The number of halogens is 7. The van der Waals surface area contributed by atoms with Crippen molar-refractivity contribution >= 4 is 0 Å². The van der Waals surface area contributed by atoms with Crippen molar-refractivity contribution in [3.05, 3.63) is 70.8 Å². The molecule has 0 amide bonds. The summed E-state index contributed by atoms with van der Waals surface area (Å²) in [6.45, 7) is 4.15. The average molecular weight is 564 g/mol. The highest BCUT2D eigenvalue weighted by molar-refractivity contribution is 5.33. The van der Waals surface area contributed by atoms with Crippen molar-refractivity contribution < 1.29 is 52.5 Å². The highest BCUT2D eigenvalue weighted by Crippen LogP contribution is 2.61. The minimum absolute atomic E-state index is 0. The van der Waals surface area contributed by atoms with E-state index in [1.807, 2.05) is 30.3 Å². The summed E-state index contributed by atoms with van der Waals surface area (Å²) >= 11 is 0. The Kier molecular flexibility index (Phi) is 6.86. The van der Waals surface area contributed by atoms with Gasteiger partial charge in [0.1, 0.15) is 24.7 Å². The van der Waals surface area contributed by atoms with Gasteiger partial charge in [-0.2, -0.15) is 26.3 Å². The molecule has 0 unspecified atom stereocenters. The lowest BCUT2D eigenvalue weighted by Crippen LogP contribution is -3.00. The summed E-state index contributed by atoms with van der Waals surface area (Å²) in [5.74, 6) is 0.660. The number of hydrogen-bond donors (Lipinski definition) is 0. The second-order valence-corrected chi connectivity index (χ2v) is 10.4. The zero-order valence-corrected chi connectivity index (χ0v) is 20.9. The fourth-order valence-electron chi connectivity index (χ4n) is 7.13. The molecule has 0 bridgehead atoms. The van der Waals surface area contributed by atoms with Crippen LogP contribution in [0.2, 0.25) is 0 Å². The van der Waals surface area contributed by atoms with E-state index in [-0.39, 0.29) is 52.7 Å². The molecule has 5 atom stereocenters. The molecule has 1 aliphatic carbocycles. The van der Waals surface area contributed by atoms with Crippen molar-refractivity contribution in [2.45, 2.75) is 63.3 Å². The van der Waals surface area contributed by atoms with Crippen LogP contribution in [-0.4, -0.2) is 29.2 Å². The predicted octanol–water partition coefficient (Wildman–Crippen LogP) is 3.83. The Bertz CT molecular complexity index is 1030. The molecular weight excluding hydrogens is 536 g/mol. The normalized spacial score (nSPS) is 31.9. The molecule has 3 aliphatic rings. The van der Waals surface area contributed by atoms with Gasteiger partial charge in [0, 0.05) is 23.8 Å². The van der Waals surface area contributed by atoms with E-state index < -0.39 is 23.5 Å². The zero-order chi connectivity index (χ0) is 24.4. The smallest absolute Gasteiger partial charge is 0.416 e. The Morgan fingerprint density at radius 3 is 2.11 bits per heavy atom. The van der Waals surface area contributed by atoms with Crippen molar-refractivity contribution in [3.8, 4) is 0 Å². The molecule has 5 rings (SSSR count). The second kappa shape index (κ2) is 9.06. The van der Waals surface area contributed by atoms with Gasteiger partial charge < -0.3 is 26.2 Å². The van der Waals surface area contributed by atoms with Gasteiger partial charge in [0.05, 0.1) is 24.3 Å². The zero-order valence-electron chi connectivity index (χ0n) is 19.3. The van der Waals surface area contributed by atoms with Crippen LogP contribution in [0.1, 0.15) is 48.4 Å². The van der Waals surface area contributed by atoms with E-state index in [4.69, 9.17) is 4.74 Å². The minimum atomic E-state index is -4.84. The summed E-state index contributed by atoms with van der Waals surface area (Å²) in [5, 5.41) is 0. The standard InChI is InChI=1S/C26H28F6NO.BrH/c1-24-19-7-8-22(24)23(34-16-17-5-3-2-4-6-17)15-33(24,10-9-19)14-18-11-20(25(27,28)29)13-21(12-18)26(30,31)32;/h2-6,11-13,19,22-23H,7-10,14-16H2,1H3;1H/q+1;/p-1/t19-,22+,23+,24+,33+;/m0./s1. The lowest BCUT2D eigenvalue weighted by atomic mass is 9.83. The summed E-state index contributed by atoms with van der Waals surface area (Å²) < 4.78 is 87.6. The number of nitrogens with zero attached hydrogens (tertiary/aromatic N) is 1. The quantitative estimate of drug-likeness (QED) is 0.397. The topological polar surface area (TPSA) is 9.23 Å². The summed E-state index contributed by atoms with van der Waals surface area (Å²) in [4.78, 5) is 0. The number of alkyl halides is 6. The van der Waals surface area contributed by atoms with Crippen molar-refractivity contribution in [3.63, 3.8) is 0 Å². The second-order valence-electron chi connectivity index (χ2n) is 10.4. The molecule has 192 valence electrons. The van der Waals surface area contributed by atoms with Gasteiger partial charge in [-0.25, -0.2) is 0 Å². The van der Waals surface area contributed by atoms with E-state index in [1.165, 1.54) is 0 Å². The van der Waals surface area contributed by atoms with E-state index in [2.05, 4.69) is 6.92 Å². The molecule has 2 saturated heterocycles. The van der Waals surface area contributed by atoms with Crippen LogP contribution in [0.15, 0.2) is 48.5 Å². The largest absolute Gasteiger partial charge is 1.00 e. The Balaban J connectivity index is 0.00000289. The maximum atomic E-state index is 13.5. The number of quaternary nitrogens is 1. The predicted molar refractivity (Wildman–Crippen MR) is 114 cm³/mol. The van der Waals surface area contributed by atoms with Crippen molar-refractivity contribution in [2.24, 2.45) is 11.8 Å². The molecule has 9 heteroatoms. The fourth-order valence-corrected chi connectivity index (χ4v) is 7.13. The summed E-state index contributed by atoms with van der Waals surface area (Å²) in [6, 6.07) is 11.8. The van der Waals surface area contributed by atoms with Gasteiger partial charge in [-0.3, -0.25) is 0 Å². The Hall–Kier alpha value is -1.58. The van der Waals surface area contributed by atoms with E-state index in [0.29, 0.717) is 23.6 Å². The Labute approximate surface area is 211 Å². The van der Waals surface area contributed by atoms with Crippen LogP contribution in [0.4, 0.5) is 26.3 Å².